The summed E-state index contributed by atoms with van der Waals surface area (Å²) in [5, 5.41) is 17.7. The van der Waals surface area contributed by atoms with E-state index in [0.717, 1.165) is 6.07 Å². The van der Waals surface area contributed by atoms with E-state index >= 15 is 0 Å². The summed E-state index contributed by atoms with van der Waals surface area (Å²) in [5.74, 6) is -0.590. The van der Waals surface area contributed by atoms with Gasteiger partial charge in [-0.2, -0.15) is 10.5 Å². The van der Waals surface area contributed by atoms with E-state index in [1.54, 1.807) is 12.1 Å². The fourth-order valence-corrected chi connectivity index (χ4v) is 1.41. The van der Waals surface area contributed by atoms with E-state index in [0.29, 0.717) is 0 Å². The van der Waals surface area contributed by atoms with Gasteiger partial charge >= 0.3 is 0 Å². The molecule has 0 aliphatic carbocycles. The zero-order valence-electron chi connectivity index (χ0n) is 9.59. The molecule has 0 spiro atoms. The molecule has 0 saturated carbocycles. The Labute approximate surface area is 108 Å². The second kappa shape index (κ2) is 5.03. The number of aromatic nitrogens is 1. The standard InChI is InChI=1S/C13H7FN4O/c14-9-2-1-3-12(8(9)6-15)19-13-5-4-10(17)11(7-16)18-13/h1-5H,17H2. The molecule has 0 aliphatic heterocycles. The van der Waals surface area contributed by atoms with Gasteiger partial charge in [-0.1, -0.05) is 6.07 Å². The van der Waals surface area contributed by atoms with E-state index in [4.69, 9.17) is 21.0 Å². The van der Waals surface area contributed by atoms with Gasteiger partial charge in [0.1, 0.15) is 29.3 Å². The van der Waals surface area contributed by atoms with Crippen LogP contribution in [0.2, 0.25) is 0 Å². The third-order valence-corrected chi connectivity index (χ3v) is 2.31. The number of anilines is 1. The van der Waals surface area contributed by atoms with Crippen LogP contribution in [0.15, 0.2) is 30.3 Å². The van der Waals surface area contributed by atoms with Crippen LogP contribution < -0.4 is 10.5 Å². The number of nitrogen functional groups attached to an aromatic ring is 1. The van der Waals surface area contributed by atoms with Gasteiger partial charge in [0.15, 0.2) is 5.69 Å². The van der Waals surface area contributed by atoms with Crippen LogP contribution in [0.5, 0.6) is 11.6 Å². The SMILES string of the molecule is N#Cc1nc(Oc2cccc(F)c2C#N)ccc1N. The van der Waals surface area contributed by atoms with Crippen molar-refractivity contribution < 1.29 is 9.13 Å². The third kappa shape index (κ3) is 2.43. The predicted octanol–water partition coefficient (Wildman–Crippen LogP) is 2.34. The molecule has 1 aromatic carbocycles. The lowest BCUT2D eigenvalue weighted by molar-refractivity contribution is 0.456. The van der Waals surface area contributed by atoms with Crippen molar-refractivity contribution in [1.29, 1.82) is 10.5 Å². The van der Waals surface area contributed by atoms with Crippen LogP contribution in [-0.4, -0.2) is 4.98 Å². The average molecular weight is 254 g/mol. The molecule has 92 valence electrons. The van der Waals surface area contributed by atoms with Crippen molar-refractivity contribution in [2.75, 3.05) is 5.73 Å². The highest BCUT2D eigenvalue weighted by Gasteiger charge is 2.11. The molecule has 5 nitrogen and oxygen atoms in total. The molecule has 0 bridgehead atoms. The molecule has 0 atom stereocenters. The molecule has 0 fully saturated rings. The highest BCUT2D eigenvalue weighted by Crippen LogP contribution is 2.26. The molecule has 19 heavy (non-hydrogen) atoms. The Morgan fingerprint density at radius 3 is 2.63 bits per heavy atom. The number of hydrogen-bond acceptors (Lipinski definition) is 5. The molecule has 0 radical (unpaired) electrons. The minimum atomic E-state index is -0.684. The largest absolute Gasteiger partial charge is 0.437 e. The number of halogens is 1. The van der Waals surface area contributed by atoms with Crippen molar-refractivity contribution in [2.24, 2.45) is 0 Å². The molecule has 0 aliphatic rings. The van der Waals surface area contributed by atoms with E-state index < -0.39 is 5.82 Å². The predicted molar refractivity (Wildman–Crippen MR) is 64.6 cm³/mol. The Morgan fingerprint density at radius 2 is 1.95 bits per heavy atom. The van der Waals surface area contributed by atoms with E-state index in [1.807, 2.05) is 0 Å². The molecular formula is C13H7FN4O. The molecule has 1 heterocycles. The maximum atomic E-state index is 13.4. The maximum Gasteiger partial charge on any atom is 0.220 e. The summed E-state index contributed by atoms with van der Waals surface area (Å²) in [6.07, 6.45) is 0. The summed E-state index contributed by atoms with van der Waals surface area (Å²) < 4.78 is 18.7. The summed E-state index contributed by atoms with van der Waals surface area (Å²) in [6.45, 7) is 0. The van der Waals surface area contributed by atoms with E-state index in [1.165, 1.54) is 24.3 Å². The Balaban J connectivity index is 2.40. The van der Waals surface area contributed by atoms with Crippen molar-refractivity contribution in [3.05, 3.63) is 47.4 Å². The average Bonchev–Trinajstić information content (AvgIpc) is 2.41. The first-order valence-corrected chi connectivity index (χ1v) is 5.19. The Kier molecular flexibility index (Phi) is 3.26. The zero-order valence-corrected chi connectivity index (χ0v) is 9.59. The van der Waals surface area contributed by atoms with Crippen LogP contribution in [-0.2, 0) is 0 Å². The molecule has 2 rings (SSSR count). The van der Waals surface area contributed by atoms with E-state index in [2.05, 4.69) is 4.98 Å². The van der Waals surface area contributed by atoms with Crippen molar-refractivity contribution in [2.45, 2.75) is 0 Å². The van der Waals surface area contributed by atoms with Gasteiger partial charge in [0.25, 0.3) is 0 Å². The maximum absolute atomic E-state index is 13.4. The van der Waals surface area contributed by atoms with Gasteiger partial charge in [0.05, 0.1) is 5.69 Å². The second-order valence-electron chi connectivity index (χ2n) is 3.53. The molecule has 2 N–H and O–H groups in total. The first kappa shape index (κ1) is 12.3. The minimum Gasteiger partial charge on any atom is -0.437 e. The highest BCUT2D eigenvalue weighted by molar-refractivity contribution is 5.52. The fourth-order valence-electron chi connectivity index (χ4n) is 1.41. The molecular weight excluding hydrogens is 247 g/mol. The van der Waals surface area contributed by atoms with Gasteiger partial charge in [-0.15, -0.1) is 0 Å². The first-order valence-electron chi connectivity index (χ1n) is 5.19. The van der Waals surface area contributed by atoms with Gasteiger partial charge in [0.2, 0.25) is 5.88 Å². The molecule has 0 unspecified atom stereocenters. The summed E-state index contributed by atoms with van der Waals surface area (Å²) in [7, 11) is 0. The lowest BCUT2D eigenvalue weighted by Crippen LogP contribution is -1.97. The number of ether oxygens (including phenoxy) is 1. The summed E-state index contributed by atoms with van der Waals surface area (Å²) in [4.78, 5) is 3.85. The Morgan fingerprint density at radius 1 is 1.16 bits per heavy atom. The van der Waals surface area contributed by atoms with Crippen LogP contribution in [0.25, 0.3) is 0 Å². The van der Waals surface area contributed by atoms with Crippen molar-refractivity contribution >= 4 is 5.69 Å². The molecule has 0 saturated heterocycles. The summed E-state index contributed by atoms with van der Waals surface area (Å²) in [5.41, 5.74) is 5.52. The Hall–Kier alpha value is -3.12. The number of hydrogen-bond donors (Lipinski definition) is 1. The van der Waals surface area contributed by atoms with Crippen LogP contribution >= 0.6 is 0 Å². The lowest BCUT2D eigenvalue weighted by atomic mass is 10.2. The molecule has 0 amide bonds. The van der Waals surface area contributed by atoms with Gasteiger partial charge in [-0.25, -0.2) is 9.37 Å². The monoisotopic (exact) mass is 254 g/mol. The van der Waals surface area contributed by atoms with E-state index in [9.17, 15) is 4.39 Å². The van der Waals surface area contributed by atoms with Gasteiger partial charge in [-0.3, -0.25) is 0 Å². The fraction of sp³-hybridized carbons (Fsp3) is 0. The van der Waals surface area contributed by atoms with Gasteiger partial charge in [-0.05, 0) is 18.2 Å². The van der Waals surface area contributed by atoms with Crippen LogP contribution in [0.3, 0.4) is 0 Å². The third-order valence-electron chi connectivity index (χ3n) is 2.31. The number of benzene rings is 1. The molecule has 2 aromatic rings. The number of pyridine rings is 1. The summed E-state index contributed by atoms with van der Waals surface area (Å²) in [6, 6.07) is 10.4. The minimum absolute atomic E-state index is 0.00686. The van der Waals surface area contributed by atoms with E-state index in [-0.39, 0.29) is 28.6 Å². The molecule has 1 aromatic heterocycles. The quantitative estimate of drug-likeness (QED) is 0.887. The van der Waals surface area contributed by atoms with Crippen LogP contribution in [0.1, 0.15) is 11.3 Å². The smallest absolute Gasteiger partial charge is 0.220 e. The van der Waals surface area contributed by atoms with Gasteiger partial charge < -0.3 is 10.5 Å². The number of rotatable bonds is 2. The highest BCUT2D eigenvalue weighted by atomic mass is 19.1. The first-order chi connectivity index (χ1) is 9.15. The lowest BCUT2D eigenvalue weighted by Gasteiger charge is -2.07. The number of nitrogens with zero attached hydrogens (tertiary/aromatic N) is 3. The molecule has 6 heteroatoms. The zero-order chi connectivity index (χ0) is 13.8. The number of nitriles is 2. The Bertz CT molecular complexity index is 716. The van der Waals surface area contributed by atoms with Gasteiger partial charge in [0, 0.05) is 6.07 Å². The topological polar surface area (TPSA) is 95.7 Å². The van der Waals surface area contributed by atoms with Crippen LogP contribution in [0.4, 0.5) is 10.1 Å². The number of nitrogens with two attached hydrogens (primary N) is 1. The van der Waals surface area contributed by atoms with Crippen molar-refractivity contribution in [3.63, 3.8) is 0 Å². The summed E-state index contributed by atoms with van der Waals surface area (Å²) >= 11 is 0. The second-order valence-corrected chi connectivity index (χ2v) is 3.53. The van der Waals surface area contributed by atoms with Crippen LogP contribution in [0, 0.1) is 28.5 Å². The van der Waals surface area contributed by atoms with Crippen molar-refractivity contribution in [1.82, 2.24) is 4.98 Å². The normalized spacial score (nSPS) is 9.42. The van der Waals surface area contributed by atoms with Crippen molar-refractivity contribution in [3.8, 4) is 23.8 Å².